The van der Waals surface area contributed by atoms with Crippen LogP contribution in [0.5, 0.6) is 0 Å². The van der Waals surface area contributed by atoms with E-state index >= 15 is 0 Å². The fourth-order valence-electron chi connectivity index (χ4n) is 2.56. The fourth-order valence-corrected chi connectivity index (χ4v) is 2.56. The second-order valence-electron chi connectivity index (χ2n) is 5.07. The van der Waals surface area contributed by atoms with Gasteiger partial charge in [-0.05, 0) is 49.2 Å². The number of rotatable bonds is 4. The summed E-state index contributed by atoms with van der Waals surface area (Å²) in [5.74, 6) is -0.459. The van der Waals surface area contributed by atoms with Gasteiger partial charge in [-0.1, -0.05) is 6.07 Å². The van der Waals surface area contributed by atoms with Gasteiger partial charge in [-0.3, -0.25) is 9.69 Å². The summed E-state index contributed by atoms with van der Waals surface area (Å²) in [7, 11) is 0. The lowest BCUT2D eigenvalue weighted by Gasteiger charge is -2.31. The number of nitrogens with zero attached hydrogens (tertiary/aromatic N) is 1. The van der Waals surface area contributed by atoms with Crippen LogP contribution in [0.3, 0.4) is 0 Å². The molecule has 5 heteroatoms. The first kappa shape index (κ1) is 14.0. The molecule has 0 unspecified atom stereocenters. The molecule has 0 radical (unpaired) electrons. The second-order valence-corrected chi connectivity index (χ2v) is 5.07. The number of primary amides is 1. The SMILES string of the molecule is NCc1cc(F)ccc1CN1CCC(C(N)=O)CC1. The van der Waals surface area contributed by atoms with E-state index in [1.165, 1.54) is 12.1 Å². The molecule has 1 aromatic rings. The van der Waals surface area contributed by atoms with E-state index in [0.29, 0.717) is 6.54 Å². The van der Waals surface area contributed by atoms with Crippen molar-refractivity contribution >= 4 is 5.91 Å². The van der Waals surface area contributed by atoms with Crippen molar-refractivity contribution in [3.05, 3.63) is 35.1 Å². The molecule has 2 rings (SSSR count). The highest BCUT2D eigenvalue weighted by Crippen LogP contribution is 2.20. The molecule has 1 heterocycles. The van der Waals surface area contributed by atoms with E-state index in [2.05, 4.69) is 4.90 Å². The van der Waals surface area contributed by atoms with Gasteiger partial charge in [-0.25, -0.2) is 4.39 Å². The predicted octanol–water partition coefficient (Wildman–Crippen LogP) is 0.982. The Morgan fingerprint density at radius 2 is 2.00 bits per heavy atom. The Balaban J connectivity index is 1.97. The number of hydrogen-bond acceptors (Lipinski definition) is 3. The number of piperidine rings is 1. The van der Waals surface area contributed by atoms with Gasteiger partial charge in [-0.15, -0.1) is 0 Å². The van der Waals surface area contributed by atoms with Crippen molar-refractivity contribution in [2.24, 2.45) is 17.4 Å². The lowest BCUT2D eigenvalue weighted by Crippen LogP contribution is -2.38. The molecule has 1 amide bonds. The van der Waals surface area contributed by atoms with E-state index in [1.807, 2.05) is 0 Å². The maximum atomic E-state index is 13.1. The third-order valence-electron chi connectivity index (χ3n) is 3.77. The molecule has 0 aliphatic carbocycles. The lowest BCUT2D eigenvalue weighted by molar-refractivity contribution is -0.123. The molecule has 0 spiro atoms. The van der Waals surface area contributed by atoms with Crippen molar-refractivity contribution in [2.75, 3.05) is 13.1 Å². The van der Waals surface area contributed by atoms with Crippen LogP contribution in [0.1, 0.15) is 24.0 Å². The van der Waals surface area contributed by atoms with Crippen LogP contribution in [0.2, 0.25) is 0 Å². The van der Waals surface area contributed by atoms with E-state index in [4.69, 9.17) is 11.5 Å². The van der Waals surface area contributed by atoms with Crippen LogP contribution in [0, 0.1) is 11.7 Å². The van der Waals surface area contributed by atoms with Crippen LogP contribution < -0.4 is 11.5 Å². The summed E-state index contributed by atoms with van der Waals surface area (Å²) >= 11 is 0. The smallest absolute Gasteiger partial charge is 0.220 e. The molecule has 1 aromatic carbocycles. The number of benzene rings is 1. The highest BCUT2D eigenvalue weighted by atomic mass is 19.1. The summed E-state index contributed by atoms with van der Waals surface area (Å²) in [4.78, 5) is 13.4. The van der Waals surface area contributed by atoms with Crippen molar-refractivity contribution < 1.29 is 9.18 Å². The molecule has 0 bridgehead atoms. The molecule has 0 saturated carbocycles. The van der Waals surface area contributed by atoms with Gasteiger partial charge in [0.05, 0.1) is 0 Å². The molecule has 0 aromatic heterocycles. The summed E-state index contributed by atoms with van der Waals surface area (Å²) in [5, 5.41) is 0. The maximum absolute atomic E-state index is 13.1. The van der Waals surface area contributed by atoms with E-state index in [-0.39, 0.29) is 17.6 Å². The monoisotopic (exact) mass is 265 g/mol. The molecule has 104 valence electrons. The molecule has 4 nitrogen and oxygen atoms in total. The van der Waals surface area contributed by atoms with Crippen molar-refractivity contribution in [2.45, 2.75) is 25.9 Å². The van der Waals surface area contributed by atoms with E-state index < -0.39 is 0 Å². The van der Waals surface area contributed by atoms with Gasteiger partial charge in [0.15, 0.2) is 0 Å². The lowest BCUT2D eigenvalue weighted by atomic mass is 9.95. The Kier molecular flexibility index (Phi) is 4.50. The zero-order valence-corrected chi connectivity index (χ0v) is 10.9. The molecule has 4 N–H and O–H groups in total. The van der Waals surface area contributed by atoms with Gasteiger partial charge < -0.3 is 11.5 Å². The molecule has 1 saturated heterocycles. The Morgan fingerprint density at radius 1 is 1.32 bits per heavy atom. The molecular weight excluding hydrogens is 245 g/mol. The maximum Gasteiger partial charge on any atom is 0.220 e. The minimum absolute atomic E-state index is 0.00144. The van der Waals surface area contributed by atoms with Crippen molar-refractivity contribution in [1.29, 1.82) is 0 Å². The second kappa shape index (κ2) is 6.12. The topological polar surface area (TPSA) is 72.3 Å². The standard InChI is InChI=1S/C14H20FN3O/c15-13-2-1-11(12(7-13)8-16)9-18-5-3-10(4-6-18)14(17)19/h1-2,7,10H,3-6,8-9,16H2,(H2,17,19). The third-order valence-corrected chi connectivity index (χ3v) is 3.77. The first-order valence-electron chi connectivity index (χ1n) is 6.59. The summed E-state index contributed by atoms with van der Waals surface area (Å²) in [5.41, 5.74) is 12.9. The van der Waals surface area contributed by atoms with E-state index in [9.17, 15) is 9.18 Å². The van der Waals surface area contributed by atoms with Crippen LogP contribution in [0.15, 0.2) is 18.2 Å². The van der Waals surface area contributed by atoms with Crippen LogP contribution in [0.4, 0.5) is 4.39 Å². The normalized spacial score (nSPS) is 17.6. The first-order chi connectivity index (χ1) is 9.10. The number of carbonyl (C=O) groups is 1. The Labute approximate surface area is 112 Å². The largest absolute Gasteiger partial charge is 0.369 e. The Hall–Kier alpha value is -1.46. The van der Waals surface area contributed by atoms with Crippen molar-refractivity contribution in [3.63, 3.8) is 0 Å². The van der Waals surface area contributed by atoms with Gasteiger partial charge in [0.2, 0.25) is 5.91 Å². The average molecular weight is 265 g/mol. The Morgan fingerprint density at radius 3 is 2.58 bits per heavy atom. The minimum Gasteiger partial charge on any atom is -0.369 e. The number of amides is 1. The Bertz CT molecular complexity index is 456. The molecular formula is C14H20FN3O. The van der Waals surface area contributed by atoms with Gasteiger partial charge in [0, 0.05) is 19.0 Å². The van der Waals surface area contributed by atoms with Gasteiger partial charge >= 0.3 is 0 Å². The van der Waals surface area contributed by atoms with Gasteiger partial charge in [-0.2, -0.15) is 0 Å². The van der Waals surface area contributed by atoms with E-state index in [1.54, 1.807) is 6.07 Å². The molecule has 0 atom stereocenters. The summed E-state index contributed by atoms with van der Waals surface area (Å²) in [6, 6.07) is 4.74. The number of nitrogens with two attached hydrogens (primary N) is 2. The molecule has 1 fully saturated rings. The molecule has 1 aliphatic rings. The zero-order valence-electron chi connectivity index (χ0n) is 10.9. The molecule has 1 aliphatic heterocycles. The summed E-state index contributed by atoms with van der Waals surface area (Å²) < 4.78 is 13.1. The number of likely N-dealkylation sites (tertiary alicyclic amines) is 1. The van der Waals surface area contributed by atoms with Crippen molar-refractivity contribution in [1.82, 2.24) is 4.90 Å². The van der Waals surface area contributed by atoms with Crippen LogP contribution in [-0.2, 0) is 17.9 Å². The van der Waals surface area contributed by atoms with Crippen LogP contribution in [-0.4, -0.2) is 23.9 Å². The number of halogens is 1. The predicted molar refractivity (Wildman–Crippen MR) is 71.5 cm³/mol. The van der Waals surface area contributed by atoms with Gasteiger partial charge in [0.1, 0.15) is 5.82 Å². The fraction of sp³-hybridized carbons (Fsp3) is 0.500. The van der Waals surface area contributed by atoms with Gasteiger partial charge in [0.25, 0.3) is 0 Å². The number of hydrogen-bond donors (Lipinski definition) is 2. The van der Waals surface area contributed by atoms with Crippen molar-refractivity contribution in [3.8, 4) is 0 Å². The van der Waals surface area contributed by atoms with E-state index in [0.717, 1.165) is 43.6 Å². The van der Waals surface area contributed by atoms with Crippen LogP contribution in [0.25, 0.3) is 0 Å². The average Bonchev–Trinajstić information content (AvgIpc) is 2.41. The summed E-state index contributed by atoms with van der Waals surface area (Å²) in [6.07, 6.45) is 1.60. The minimum atomic E-state index is -0.253. The summed E-state index contributed by atoms with van der Waals surface area (Å²) in [6.45, 7) is 2.77. The number of carbonyl (C=O) groups excluding carboxylic acids is 1. The third kappa shape index (κ3) is 3.52. The highest BCUT2D eigenvalue weighted by molar-refractivity contribution is 5.76. The highest BCUT2D eigenvalue weighted by Gasteiger charge is 2.23. The van der Waals surface area contributed by atoms with Crippen LogP contribution >= 0.6 is 0 Å². The quantitative estimate of drug-likeness (QED) is 0.852. The zero-order chi connectivity index (χ0) is 13.8. The first-order valence-corrected chi connectivity index (χ1v) is 6.59. The molecule has 19 heavy (non-hydrogen) atoms.